The van der Waals surface area contributed by atoms with Crippen molar-refractivity contribution in [1.29, 1.82) is 0 Å². The topological polar surface area (TPSA) is 72.7 Å². The maximum absolute atomic E-state index is 15.8. The van der Waals surface area contributed by atoms with Gasteiger partial charge in [0.05, 0.1) is 37.0 Å². The Morgan fingerprint density at radius 2 is 2.05 bits per heavy atom. The van der Waals surface area contributed by atoms with Crippen LogP contribution in [0.3, 0.4) is 0 Å². The van der Waals surface area contributed by atoms with Gasteiger partial charge >= 0.3 is 0 Å². The van der Waals surface area contributed by atoms with Crippen LogP contribution in [0.1, 0.15) is 24.4 Å². The molecule has 0 N–H and O–H groups in total. The van der Waals surface area contributed by atoms with Crippen LogP contribution >= 0.6 is 11.3 Å². The number of fused-ring (bicyclic) bond motifs is 2. The summed E-state index contributed by atoms with van der Waals surface area (Å²) in [6.07, 6.45) is 1.30. The monoisotopic (exact) mass is 591 g/mol. The number of halogens is 2. The molecule has 0 aliphatic carbocycles. The van der Waals surface area contributed by atoms with Crippen molar-refractivity contribution >= 4 is 27.3 Å². The number of thiophene rings is 1. The molecule has 1 aliphatic heterocycles. The molecule has 1 aromatic carbocycles. The van der Waals surface area contributed by atoms with Crippen molar-refractivity contribution in [3.63, 3.8) is 0 Å². The number of rotatable bonds is 8. The van der Waals surface area contributed by atoms with Gasteiger partial charge < -0.3 is 14.4 Å². The van der Waals surface area contributed by atoms with E-state index in [4.69, 9.17) is 19.6 Å². The average molecular weight is 592 g/mol. The number of hydrogen-bond acceptors (Lipinski definition) is 7. The summed E-state index contributed by atoms with van der Waals surface area (Å²) in [6.45, 7) is 7.35. The third kappa shape index (κ3) is 5.66. The van der Waals surface area contributed by atoms with E-state index in [1.54, 1.807) is 4.90 Å². The maximum Gasteiger partial charge on any atom is 0.246 e. The van der Waals surface area contributed by atoms with Crippen LogP contribution in [-0.2, 0) is 16.1 Å². The van der Waals surface area contributed by atoms with E-state index in [2.05, 4.69) is 18.4 Å². The molecule has 0 fully saturated rings. The Morgan fingerprint density at radius 3 is 2.79 bits per heavy atom. The van der Waals surface area contributed by atoms with Crippen LogP contribution < -0.4 is 4.74 Å². The lowest BCUT2D eigenvalue weighted by Gasteiger charge is -2.33. The minimum absolute atomic E-state index is 0.0360. The standard InChI is InChI=1S/C31H31F2N5O3S/c1-6-27(39)37-11-12-38-25(19(37)2)18-24(35-38)30-29(28-22(33)16-20(32)17-26(28)41-14-13-40-5)31-21(9-15-42-31)23(34-30)8-7-10-36(3)4/h6,9,15-19H,1,10-14H2,2-5H3/t19-/m1/s1. The first-order valence-corrected chi connectivity index (χ1v) is 14.3. The summed E-state index contributed by atoms with van der Waals surface area (Å²) in [5.74, 6) is 4.65. The summed E-state index contributed by atoms with van der Waals surface area (Å²) in [4.78, 5) is 21.1. The van der Waals surface area contributed by atoms with Gasteiger partial charge in [0.15, 0.2) is 0 Å². The largest absolute Gasteiger partial charge is 0.490 e. The molecular weight excluding hydrogens is 560 g/mol. The number of pyridine rings is 1. The van der Waals surface area contributed by atoms with Gasteiger partial charge in [-0.1, -0.05) is 12.5 Å². The van der Waals surface area contributed by atoms with Gasteiger partial charge in [-0.3, -0.25) is 14.4 Å². The molecule has 1 atom stereocenters. The highest BCUT2D eigenvalue weighted by molar-refractivity contribution is 7.17. The number of hydrogen-bond donors (Lipinski definition) is 0. The van der Waals surface area contributed by atoms with Crippen molar-refractivity contribution in [2.24, 2.45) is 0 Å². The first-order valence-electron chi connectivity index (χ1n) is 13.4. The van der Waals surface area contributed by atoms with E-state index in [9.17, 15) is 9.18 Å². The van der Waals surface area contributed by atoms with E-state index >= 15 is 4.39 Å². The van der Waals surface area contributed by atoms with Crippen LogP contribution in [0.2, 0.25) is 0 Å². The Balaban J connectivity index is 1.77. The highest BCUT2D eigenvalue weighted by Crippen LogP contribution is 2.45. The summed E-state index contributed by atoms with van der Waals surface area (Å²) < 4.78 is 43.8. The van der Waals surface area contributed by atoms with Crippen molar-refractivity contribution in [1.82, 2.24) is 24.6 Å². The molecule has 8 nitrogen and oxygen atoms in total. The van der Waals surface area contributed by atoms with Gasteiger partial charge in [0.25, 0.3) is 0 Å². The number of nitrogens with zero attached hydrogens (tertiary/aromatic N) is 5. The van der Waals surface area contributed by atoms with Gasteiger partial charge in [-0.15, -0.1) is 11.3 Å². The Morgan fingerprint density at radius 1 is 1.24 bits per heavy atom. The molecule has 218 valence electrons. The fourth-order valence-electron chi connectivity index (χ4n) is 5.00. The van der Waals surface area contributed by atoms with Gasteiger partial charge in [-0.05, 0) is 50.5 Å². The Labute approximate surface area is 247 Å². The van der Waals surface area contributed by atoms with E-state index in [1.807, 2.05) is 48.1 Å². The van der Waals surface area contributed by atoms with E-state index in [1.165, 1.54) is 30.6 Å². The van der Waals surface area contributed by atoms with Crippen molar-refractivity contribution in [3.05, 3.63) is 65.3 Å². The number of benzene rings is 1. The Bertz CT molecular complexity index is 1720. The van der Waals surface area contributed by atoms with Crippen LogP contribution in [0, 0.1) is 23.5 Å². The second-order valence-corrected chi connectivity index (χ2v) is 11.0. The number of aromatic nitrogens is 3. The number of ether oxygens (including phenoxy) is 2. The van der Waals surface area contributed by atoms with Gasteiger partial charge in [0.1, 0.15) is 41.1 Å². The van der Waals surface area contributed by atoms with Crippen molar-refractivity contribution < 1.29 is 23.0 Å². The molecule has 42 heavy (non-hydrogen) atoms. The molecule has 0 saturated carbocycles. The Kier molecular flexibility index (Phi) is 8.68. The number of methoxy groups -OCH3 is 1. The van der Waals surface area contributed by atoms with Gasteiger partial charge in [0, 0.05) is 41.4 Å². The SMILES string of the molecule is C=CC(=O)N1CCn2nc(-c3nc(C#CCN(C)C)c4ccsc4c3-c3c(F)cc(F)cc3OCCOC)cc2[C@H]1C. The maximum atomic E-state index is 15.8. The predicted octanol–water partition coefficient (Wildman–Crippen LogP) is 5.13. The molecule has 4 aromatic rings. The highest BCUT2D eigenvalue weighted by Gasteiger charge is 2.31. The molecule has 3 aromatic heterocycles. The molecular formula is C31H31F2N5O3S. The van der Waals surface area contributed by atoms with Crippen molar-refractivity contribution in [2.45, 2.75) is 19.5 Å². The van der Waals surface area contributed by atoms with E-state index in [0.29, 0.717) is 42.3 Å². The quantitative estimate of drug-likeness (QED) is 0.161. The first-order chi connectivity index (χ1) is 20.2. The lowest BCUT2D eigenvalue weighted by atomic mass is 9.97. The normalized spacial score (nSPS) is 14.5. The number of carbonyl (C=O) groups excluding carboxylic acids is 1. The van der Waals surface area contributed by atoms with Gasteiger partial charge in [-0.25, -0.2) is 13.8 Å². The van der Waals surface area contributed by atoms with Crippen molar-refractivity contribution in [3.8, 4) is 40.1 Å². The fraction of sp³-hybridized carbons (Fsp3) is 0.323. The zero-order valence-corrected chi connectivity index (χ0v) is 24.7. The fourth-order valence-corrected chi connectivity index (χ4v) is 5.95. The third-order valence-electron chi connectivity index (χ3n) is 6.98. The van der Waals surface area contributed by atoms with Crippen LogP contribution in [-0.4, -0.2) is 78.0 Å². The number of carbonyl (C=O) groups is 1. The highest BCUT2D eigenvalue weighted by atomic mass is 32.1. The smallest absolute Gasteiger partial charge is 0.246 e. The minimum atomic E-state index is -0.785. The average Bonchev–Trinajstić information content (AvgIpc) is 3.61. The molecule has 4 heterocycles. The van der Waals surface area contributed by atoms with Crippen LogP contribution in [0.25, 0.3) is 32.6 Å². The molecule has 0 spiro atoms. The third-order valence-corrected chi connectivity index (χ3v) is 7.92. The molecule has 5 rings (SSSR count). The predicted molar refractivity (Wildman–Crippen MR) is 159 cm³/mol. The van der Waals surface area contributed by atoms with Gasteiger partial charge in [-0.2, -0.15) is 5.10 Å². The molecule has 1 amide bonds. The van der Waals surface area contributed by atoms with E-state index < -0.39 is 11.6 Å². The summed E-state index contributed by atoms with van der Waals surface area (Å²) in [5.41, 5.74) is 2.72. The molecule has 1 aliphatic rings. The number of amides is 1. The zero-order valence-electron chi connectivity index (χ0n) is 23.9. The van der Waals surface area contributed by atoms with Crippen LogP contribution in [0.4, 0.5) is 8.78 Å². The zero-order chi connectivity index (χ0) is 30.0. The molecule has 0 bridgehead atoms. The van der Waals surface area contributed by atoms with Crippen LogP contribution in [0.5, 0.6) is 5.75 Å². The molecule has 0 radical (unpaired) electrons. The molecule has 0 saturated heterocycles. The summed E-state index contributed by atoms with van der Waals surface area (Å²) in [5, 5.41) is 7.49. The second-order valence-electron chi connectivity index (χ2n) is 10.1. The summed E-state index contributed by atoms with van der Waals surface area (Å²) in [6, 6.07) is 5.50. The minimum Gasteiger partial charge on any atom is -0.490 e. The van der Waals surface area contributed by atoms with E-state index in [-0.39, 0.29) is 36.5 Å². The van der Waals surface area contributed by atoms with Crippen LogP contribution in [0.15, 0.2) is 42.3 Å². The van der Waals surface area contributed by atoms with Crippen molar-refractivity contribution in [2.75, 3.05) is 47.5 Å². The Hall–Kier alpha value is -4.11. The summed E-state index contributed by atoms with van der Waals surface area (Å²) in [7, 11) is 5.38. The molecule has 11 heteroatoms. The first kappa shape index (κ1) is 29.4. The molecule has 0 unspecified atom stereocenters. The second kappa shape index (κ2) is 12.4. The lowest BCUT2D eigenvalue weighted by Crippen LogP contribution is -2.40. The lowest BCUT2D eigenvalue weighted by molar-refractivity contribution is -0.129. The van der Waals surface area contributed by atoms with E-state index in [0.717, 1.165) is 21.8 Å². The van der Waals surface area contributed by atoms with Gasteiger partial charge in [0.2, 0.25) is 5.91 Å². The summed E-state index contributed by atoms with van der Waals surface area (Å²) >= 11 is 1.41.